The lowest BCUT2D eigenvalue weighted by Crippen LogP contribution is -2.16. The summed E-state index contributed by atoms with van der Waals surface area (Å²) in [4.78, 5) is 0. The normalized spacial score (nSPS) is 21.8. The van der Waals surface area contributed by atoms with Crippen LogP contribution in [0.25, 0.3) is 0 Å². The van der Waals surface area contributed by atoms with Gasteiger partial charge in [0.25, 0.3) is 0 Å². The van der Waals surface area contributed by atoms with Crippen LogP contribution in [0.5, 0.6) is 5.88 Å². The molecule has 1 saturated heterocycles. The Hall–Kier alpha value is -0.430. The zero-order valence-electron chi connectivity index (χ0n) is 6.94. The number of halogens is 1. The maximum absolute atomic E-state index is 5.53. The molecule has 1 atom stereocenters. The van der Waals surface area contributed by atoms with Gasteiger partial charge in [-0.3, -0.25) is 0 Å². The average molecular weight is 292 g/mol. The first-order chi connectivity index (χ1) is 6.34. The number of aromatic nitrogens is 2. The summed E-state index contributed by atoms with van der Waals surface area (Å²) in [7, 11) is 0. The predicted octanol–water partition coefficient (Wildman–Crippen LogP) is 1.25. The zero-order valence-corrected chi connectivity index (χ0v) is 9.10. The van der Waals surface area contributed by atoms with Gasteiger partial charge in [-0.05, 0) is 28.7 Å². The van der Waals surface area contributed by atoms with Gasteiger partial charge in [0, 0.05) is 12.5 Å². The highest BCUT2D eigenvalue weighted by Crippen LogP contribution is 2.13. The molecule has 0 N–H and O–H groups in total. The minimum absolute atomic E-state index is 0.148. The van der Waals surface area contributed by atoms with Gasteiger partial charge in [-0.15, -0.1) is 10.2 Å². The summed E-state index contributed by atoms with van der Waals surface area (Å²) in [5, 5.41) is 7.80. The molecule has 0 amide bonds. The van der Waals surface area contributed by atoms with Crippen molar-refractivity contribution in [2.75, 3.05) is 13.2 Å². The van der Waals surface area contributed by atoms with Crippen LogP contribution in [0.1, 0.15) is 6.42 Å². The Balaban J connectivity index is 1.97. The Morgan fingerprint density at radius 2 is 2.38 bits per heavy atom. The molecule has 0 bridgehead atoms. The lowest BCUT2D eigenvalue weighted by atomic mass is 10.3. The summed E-state index contributed by atoms with van der Waals surface area (Å²) in [6.07, 6.45) is 1.09. The standard InChI is InChI=1S/C8H9IN2O2/c9-7-1-2-8(11-10-7)13-6-3-4-12-5-6/h1-2,6H,3-5H2. The molecule has 13 heavy (non-hydrogen) atoms. The third kappa shape index (κ3) is 2.50. The maximum atomic E-state index is 5.53. The molecule has 2 heterocycles. The first kappa shape index (κ1) is 9.14. The fraction of sp³-hybridized carbons (Fsp3) is 0.500. The van der Waals surface area contributed by atoms with Crippen molar-refractivity contribution in [1.82, 2.24) is 10.2 Å². The van der Waals surface area contributed by atoms with Crippen LogP contribution in [0.3, 0.4) is 0 Å². The molecule has 1 aromatic heterocycles. The Kier molecular flexibility index (Phi) is 2.94. The molecule has 1 aromatic rings. The molecule has 0 aliphatic carbocycles. The highest BCUT2D eigenvalue weighted by molar-refractivity contribution is 14.1. The Labute approximate surface area is 89.8 Å². The van der Waals surface area contributed by atoms with Gasteiger partial charge in [0.2, 0.25) is 5.88 Å². The van der Waals surface area contributed by atoms with Crippen molar-refractivity contribution in [3.8, 4) is 5.88 Å². The maximum Gasteiger partial charge on any atom is 0.233 e. The van der Waals surface area contributed by atoms with Gasteiger partial charge >= 0.3 is 0 Å². The van der Waals surface area contributed by atoms with E-state index in [0.29, 0.717) is 12.5 Å². The van der Waals surface area contributed by atoms with E-state index in [0.717, 1.165) is 16.7 Å². The number of hydrogen-bond donors (Lipinski definition) is 0. The van der Waals surface area contributed by atoms with Gasteiger partial charge in [-0.25, -0.2) is 0 Å². The SMILES string of the molecule is Ic1ccc(OC2CCOC2)nn1. The molecule has 2 rings (SSSR count). The molecule has 1 aliphatic heterocycles. The van der Waals surface area contributed by atoms with Gasteiger partial charge < -0.3 is 9.47 Å². The van der Waals surface area contributed by atoms with E-state index in [9.17, 15) is 0 Å². The van der Waals surface area contributed by atoms with E-state index in [-0.39, 0.29) is 6.10 Å². The summed E-state index contributed by atoms with van der Waals surface area (Å²) >= 11 is 2.11. The Morgan fingerprint density at radius 3 is 3.00 bits per heavy atom. The molecule has 0 radical (unpaired) electrons. The fourth-order valence-electron chi connectivity index (χ4n) is 1.14. The van der Waals surface area contributed by atoms with Crippen LogP contribution in [0, 0.1) is 3.70 Å². The average Bonchev–Trinajstić information content (AvgIpc) is 2.62. The molecule has 1 unspecified atom stereocenters. The topological polar surface area (TPSA) is 44.2 Å². The van der Waals surface area contributed by atoms with Crippen LogP contribution >= 0.6 is 22.6 Å². The molecule has 0 aromatic carbocycles. The molecule has 5 heteroatoms. The predicted molar refractivity (Wildman–Crippen MR) is 54.6 cm³/mol. The van der Waals surface area contributed by atoms with Crippen molar-refractivity contribution in [2.24, 2.45) is 0 Å². The van der Waals surface area contributed by atoms with Crippen LogP contribution in [-0.2, 0) is 4.74 Å². The summed E-state index contributed by atoms with van der Waals surface area (Å²) in [6, 6.07) is 3.70. The number of hydrogen-bond acceptors (Lipinski definition) is 4. The molecule has 70 valence electrons. The van der Waals surface area contributed by atoms with Crippen molar-refractivity contribution >= 4 is 22.6 Å². The third-order valence-corrected chi connectivity index (χ3v) is 2.36. The smallest absolute Gasteiger partial charge is 0.233 e. The first-order valence-corrected chi connectivity index (χ1v) is 5.16. The number of rotatable bonds is 2. The summed E-state index contributed by atoms with van der Waals surface area (Å²) < 4.78 is 11.6. The van der Waals surface area contributed by atoms with E-state index in [4.69, 9.17) is 9.47 Å². The van der Waals surface area contributed by atoms with E-state index < -0.39 is 0 Å². The van der Waals surface area contributed by atoms with E-state index >= 15 is 0 Å². The van der Waals surface area contributed by atoms with Gasteiger partial charge in [0.15, 0.2) is 0 Å². The largest absolute Gasteiger partial charge is 0.471 e. The second kappa shape index (κ2) is 4.19. The monoisotopic (exact) mass is 292 g/mol. The molecule has 4 nitrogen and oxygen atoms in total. The van der Waals surface area contributed by atoms with E-state index in [1.165, 1.54) is 0 Å². The van der Waals surface area contributed by atoms with Gasteiger partial charge in [-0.1, -0.05) is 0 Å². The Bertz CT molecular complexity index is 272. The van der Waals surface area contributed by atoms with Gasteiger partial charge in [0.05, 0.1) is 13.2 Å². The van der Waals surface area contributed by atoms with E-state index in [1.54, 1.807) is 0 Å². The van der Waals surface area contributed by atoms with E-state index in [2.05, 4.69) is 32.8 Å². The minimum atomic E-state index is 0.148. The fourth-order valence-corrected chi connectivity index (χ4v) is 1.43. The quantitative estimate of drug-likeness (QED) is 0.770. The van der Waals surface area contributed by atoms with Crippen LogP contribution in [-0.4, -0.2) is 29.5 Å². The highest BCUT2D eigenvalue weighted by atomic mass is 127. The first-order valence-electron chi connectivity index (χ1n) is 4.08. The zero-order chi connectivity index (χ0) is 9.10. The summed E-state index contributed by atoms with van der Waals surface area (Å²) in [5.41, 5.74) is 0. The van der Waals surface area contributed by atoms with Crippen molar-refractivity contribution in [3.63, 3.8) is 0 Å². The molecular formula is C8H9IN2O2. The van der Waals surface area contributed by atoms with Crippen molar-refractivity contribution in [3.05, 3.63) is 15.8 Å². The third-order valence-electron chi connectivity index (χ3n) is 1.78. The molecular weight excluding hydrogens is 283 g/mol. The molecule has 0 spiro atoms. The number of ether oxygens (including phenoxy) is 2. The lowest BCUT2D eigenvalue weighted by Gasteiger charge is -2.09. The minimum Gasteiger partial charge on any atom is -0.471 e. The van der Waals surface area contributed by atoms with Crippen molar-refractivity contribution in [1.29, 1.82) is 0 Å². The molecule has 0 saturated carbocycles. The highest BCUT2D eigenvalue weighted by Gasteiger charge is 2.17. The van der Waals surface area contributed by atoms with Crippen molar-refractivity contribution < 1.29 is 9.47 Å². The van der Waals surface area contributed by atoms with Crippen LogP contribution in [0.2, 0.25) is 0 Å². The van der Waals surface area contributed by atoms with Gasteiger partial charge in [0.1, 0.15) is 9.80 Å². The van der Waals surface area contributed by atoms with E-state index in [1.807, 2.05) is 12.1 Å². The molecule has 1 aliphatic rings. The second-order valence-electron chi connectivity index (χ2n) is 2.80. The van der Waals surface area contributed by atoms with Crippen LogP contribution < -0.4 is 4.74 Å². The van der Waals surface area contributed by atoms with Gasteiger partial charge in [-0.2, -0.15) is 0 Å². The molecule has 1 fully saturated rings. The number of nitrogens with zero attached hydrogens (tertiary/aromatic N) is 2. The Morgan fingerprint density at radius 1 is 1.46 bits per heavy atom. The summed E-state index contributed by atoms with van der Waals surface area (Å²) in [5.74, 6) is 0.580. The second-order valence-corrected chi connectivity index (χ2v) is 3.90. The van der Waals surface area contributed by atoms with Crippen LogP contribution in [0.15, 0.2) is 12.1 Å². The lowest BCUT2D eigenvalue weighted by molar-refractivity contribution is 0.137. The van der Waals surface area contributed by atoms with Crippen molar-refractivity contribution in [2.45, 2.75) is 12.5 Å². The van der Waals surface area contributed by atoms with Crippen LogP contribution in [0.4, 0.5) is 0 Å². The summed E-state index contributed by atoms with van der Waals surface area (Å²) in [6.45, 7) is 1.44.